The van der Waals surface area contributed by atoms with Crippen molar-refractivity contribution in [1.82, 2.24) is 9.80 Å². The van der Waals surface area contributed by atoms with Crippen molar-refractivity contribution < 1.29 is 23.8 Å². The van der Waals surface area contributed by atoms with E-state index in [0.29, 0.717) is 19.7 Å². The predicted molar refractivity (Wildman–Crippen MR) is 90.3 cm³/mol. The highest BCUT2D eigenvalue weighted by Crippen LogP contribution is 2.21. The second kappa shape index (κ2) is 8.01. The number of morpholine rings is 1. The molecule has 7 heteroatoms. The Hall–Kier alpha value is -1.86. The minimum atomic E-state index is -0.937. The summed E-state index contributed by atoms with van der Waals surface area (Å²) in [6.45, 7) is 6.14. The maximum atomic E-state index is 12.7. The molecule has 1 atom stereocenters. The first-order valence-corrected chi connectivity index (χ1v) is 8.94. The number of carboxylic acids is 1. The SMILES string of the molecule is CC1CCN(Cc2ccc(C(=O)N3CCOCC3CC(=O)O)o2)CC1. The number of likely N-dealkylation sites (tertiary alicyclic amines) is 1. The summed E-state index contributed by atoms with van der Waals surface area (Å²) in [5, 5.41) is 9.02. The zero-order valence-corrected chi connectivity index (χ0v) is 14.6. The third kappa shape index (κ3) is 4.61. The number of carbonyl (C=O) groups is 2. The Kier molecular flexibility index (Phi) is 5.75. The van der Waals surface area contributed by atoms with Crippen molar-refractivity contribution in [2.45, 2.75) is 38.8 Å². The van der Waals surface area contributed by atoms with Crippen LogP contribution in [0.4, 0.5) is 0 Å². The fourth-order valence-corrected chi connectivity index (χ4v) is 3.45. The lowest BCUT2D eigenvalue weighted by molar-refractivity contribution is -0.139. The molecule has 1 aromatic heterocycles. The van der Waals surface area contributed by atoms with Crippen LogP contribution in [-0.2, 0) is 16.1 Å². The molecule has 0 aliphatic carbocycles. The van der Waals surface area contributed by atoms with Gasteiger partial charge in [0.25, 0.3) is 5.91 Å². The number of aliphatic carboxylic acids is 1. The monoisotopic (exact) mass is 350 g/mol. The van der Waals surface area contributed by atoms with Gasteiger partial charge in [0.15, 0.2) is 5.76 Å². The average molecular weight is 350 g/mol. The Bertz CT molecular complexity index is 606. The lowest BCUT2D eigenvalue weighted by Gasteiger charge is -2.34. The Morgan fingerprint density at radius 3 is 2.72 bits per heavy atom. The van der Waals surface area contributed by atoms with Gasteiger partial charge in [-0.05, 0) is 44.0 Å². The molecule has 1 amide bonds. The first-order valence-electron chi connectivity index (χ1n) is 8.94. The number of rotatable bonds is 5. The van der Waals surface area contributed by atoms with Crippen LogP contribution in [0.2, 0.25) is 0 Å². The maximum Gasteiger partial charge on any atom is 0.305 e. The van der Waals surface area contributed by atoms with Crippen molar-refractivity contribution in [3.05, 3.63) is 23.7 Å². The third-order valence-corrected chi connectivity index (χ3v) is 5.03. The molecule has 1 aromatic rings. The summed E-state index contributed by atoms with van der Waals surface area (Å²) in [7, 11) is 0. The Morgan fingerprint density at radius 1 is 1.24 bits per heavy atom. The van der Waals surface area contributed by atoms with Gasteiger partial charge in [0, 0.05) is 6.54 Å². The highest BCUT2D eigenvalue weighted by Gasteiger charge is 2.31. The average Bonchev–Trinajstić information content (AvgIpc) is 3.05. The minimum Gasteiger partial charge on any atom is -0.481 e. The predicted octanol–water partition coefficient (Wildman–Crippen LogP) is 1.83. The molecule has 2 fully saturated rings. The second-order valence-electron chi connectivity index (χ2n) is 7.05. The third-order valence-electron chi connectivity index (χ3n) is 5.03. The van der Waals surface area contributed by atoms with E-state index in [-0.39, 0.29) is 24.7 Å². The van der Waals surface area contributed by atoms with E-state index < -0.39 is 12.0 Å². The van der Waals surface area contributed by atoms with E-state index in [1.54, 1.807) is 11.0 Å². The van der Waals surface area contributed by atoms with E-state index >= 15 is 0 Å². The number of hydrogen-bond donors (Lipinski definition) is 1. The standard InChI is InChI=1S/C18H26N2O5/c1-13-4-6-19(7-5-13)11-15-2-3-16(25-15)18(23)20-8-9-24-12-14(20)10-17(21)22/h2-3,13-14H,4-12H2,1H3,(H,21,22). The minimum absolute atomic E-state index is 0.120. The van der Waals surface area contributed by atoms with E-state index in [0.717, 1.165) is 24.8 Å². The molecule has 3 rings (SSSR count). The highest BCUT2D eigenvalue weighted by molar-refractivity contribution is 5.92. The Labute approximate surface area is 147 Å². The number of furan rings is 1. The molecule has 138 valence electrons. The fourth-order valence-electron chi connectivity index (χ4n) is 3.45. The first-order chi connectivity index (χ1) is 12.0. The summed E-state index contributed by atoms with van der Waals surface area (Å²) in [6.07, 6.45) is 2.26. The quantitative estimate of drug-likeness (QED) is 0.872. The molecule has 2 aliphatic rings. The van der Waals surface area contributed by atoms with Crippen LogP contribution in [0.15, 0.2) is 16.5 Å². The normalized spacial score (nSPS) is 22.9. The van der Waals surface area contributed by atoms with Crippen LogP contribution in [0.3, 0.4) is 0 Å². The molecule has 0 spiro atoms. The number of ether oxygens (including phenoxy) is 1. The van der Waals surface area contributed by atoms with E-state index in [1.165, 1.54) is 12.8 Å². The smallest absolute Gasteiger partial charge is 0.305 e. The van der Waals surface area contributed by atoms with Crippen molar-refractivity contribution in [2.24, 2.45) is 5.92 Å². The van der Waals surface area contributed by atoms with Crippen molar-refractivity contribution in [3.8, 4) is 0 Å². The van der Waals surface area contributed by atoms with E-state index in [4.69, 9.17) is 14.3 Å². The topological polar surface area (TPSA) is 83.2 Å². The molecule has 2 aliphatic heterocycles. The zero-order valence-electron chi connectivity index (χ0n) is 14.6. The van der Waals surface area contributed by atoms with Crippen molar-refractivity contribution in [3.63, 3.8) is 0 Å². The summed E-state index contributed by atoms with van der Waals surface area (Å²) >= 11 is 0. The molecular weight excluding hydrogens is 324 g/mol. The number of carboxylic acid groups (broad SMARTS) is 1. The summed E-state index contributed by atoms with van der Waals surface area (Å²) in [5.74, 6) is 0.636. The van der Waals surface area contributed by atoms with Crippen LogP contribution in [0.1, 0.15) is 42.5 Å². The van der Waals surface area contributed by atoms with Crippen LogP contribution in [0.5, 0.6) is 0 Å². The largest absolute Gasteiger partial charge is 0.481 e. The summed E-state index contributed by atoms with van der Waals surface area (Å²) in [6, 6.07) is 3.09. The Balaban J connectivity index is 1.62. The molecule has 0 radical (unpaired) electrons. The van der Waals surface area contributed by atoms with Gasteiger partial charge in [-0.3, -0.25) is 14.5 Å². The van der Waals surface area contributed by atoms with E-state index in [2.05, 4.69) is 11.8 Å². The first kappa shape index (κ1) is 17.9. The van der Waals surface area contributed by atoms with Crippen molar-refractivity contribution in [2.75, 3.05) is 32.8 Å². The van der Waals surface area contributed by atoms with Gasteiger partial charge in [-0.25, -0.2) is 0 Å². The summed E-state index contributed by atoms with van der Waals surface area (Å²) < 4.78 is 11.1. The van der Waals surface area contributed by atoms with Gasteiger partial charge in [0.2, 0.25) is 0 Å². The summed E-state index contributed by atoms with van der Waals surface area (Å²) in [4.78, 5) is 27.6. The molecule has 0 aromatic carbocycles. The molecule has 3 heterocycles. The van der Waals surface area contributed by atoms with Gasteiger partial charge in [0.05, 0.1) is 32.2 Å². The second-order valence-corrected chi connectivity index (χ2v) is 7.05. The lowest BCUT2D eigenvalue weighted by Crippen LogP contribution is -2.49. The zero-order chi connectivity index (χ0) is 17.8. The Morgan fingerprint density at radius 2 is 2.00 bits per heavy atom. The molecule has 2 saturated heterocycles. The van der Waals surface area contributed by atoms with Gasteiger partial charge in [-0.2, -0.15) is 0 Å². The van der Waals surface area contributed by atoms with Gasteiger partial charge < -0.3 is 19.2 Å². The number of nitrogens with zero attached hydrogens (tertiary/aromatic N) is 2. The molecule has 25 heavy (non-hydrogen) atoms. The van der Waals surface area contributed by atoms with Gasteiger partial charge >= 0.3 is 5.97 Å². The van der Waals surface area contributed by atoms with Crippen LogP contribution in [0.25, 0.3) is 0 Å². The molecule has 0 bridgehead atoms. The van der Waals surface area contributed by atoms with Crippen LogP contribution in [-0.4, -0.2) is 65.7 Å². The summed E-state index contributed by atoms with van der Waals surface area (Å²) in [5.41, 5.74) is 0. The number of carbonyl (C=O) groups excluding carboxylic acids is 1. The van der Waals surface area contributed by atoms with Crippen LogP contribution >= 0.6 is 0 Å². The number of hydrogen-bond acceptors (Lipinski definition) is 5. The number of amides is 1. The van der Waals surface area contributed by atoms with Crippen molar-refractivity contribution >= 4 is 11.9 Å². The molecule has 1 unspecified atom stereocenters. The van der Waals surface area contributed by atoms with Gasteiger partial charge in [-0.1, -0.05) is 6.92 Å². The molecular formula is C18H26N2O5. The van der Waals surface area contributed by atoms with Crippen LogP contribution < -0.4 is 0 Å². The van der Waals surface area contributed by atoms with E-state index in [1.807, 2.05) is 6.07 Å². The fraction of sp³-hybridized carbons (Fsp3) is 0.667. The highest BCUT2D eigenvalue weighted by atomic mass is 16.5. The van der Waals surface area contributed by atoms with E-state index in [9.17, 15) is 9.59 Å². The lowest BCUT2D eigenvalue weighted by atomic mass is 9.99. The molecule has 7 nitrogen and oxygen atoms in total. The molecule has 0 saturated carbocycles. The van der Waals surface area contributed by atoms with Gasteiger partial charge in [-0.15, -0.1) is 0 Å². The van der Waals surface area contributed by atoms with Crippen LogP contribution in [0, 0.1) is 5.92 Å². The molecule has 1 N–H and O–H groups in total. The maximum absolute atomic E-state index is 12.7. The number of piperidine rings is 1. The van der Waals surface area contributed by atoms with Gasteiger partial charge in [0.1, 0.15) is 5.76 Å². The van der Waals surface area contributed by atoms with Crippen molar-refractivity contribution in [1.29, 1.82) is 0 Å².